The van der Waals surface area contributed by atoms with Crippen molar-refractivity contribution >= 4 is 17.7 Å². The van der Waals surface area contributed by atoms with E-state index >= 15 is 0 Å². The lowest BCUT2D eigenvalue weighted by Gasteiger charge is -2.36. The molecule has 2 heterocycles. The quantitative estimate of drug-likeness (QED) is 0.750. The molecular formula is C19H27N5OS. The Morgan fingerprint density at radius 3 is 2.92 bits per heavy atom. The van der Waals surface area contributed by atoms with Crippen molar-refractivity contribution in [2.24, 2.45) is 0 Å². The van der Waals surface area contributed by atoms with Gasteiger partial charge < -0.3 is 4.90 Å². The third-order valence-corrected chi connectivity index (χ3v) is 6.28. The maximum absolute atomic E-state index is 13.0. The van der Waals surface area contributed by atoms with Crippen molar-refractivity contribution in [1.29, 1.82) is 0 Å². The van der Waals surface area contributed by atoms with Gasteiger partial charge in [-0.25, -0.2) is 0 Å². The molecule has 1 aromatic carbocycles. The molecule has 0 bridgehead atoms. The Morgan fingerprint density at radius 2 is 2.15 bits per heavy atom. The average Bonchev–Trinajstić information content (AvgIpc) is 3.11. The van der Waals surface area contributed by atoms with Crippen molar-refractivity contribution in [2.75, 3.05) is 6.54 Å². The van der Waals surface area contributed by atoms with Crippen LogP contribution in [0.1, 0.15) is 50.7 Å². The molecule has 2 atom stereocenters. The van der Waals surface area contributed by atoms with Crippen LogP contribution in [0.25, 0.3) is 5.69 Å². The van der Waals surface area contributed by atoms with Gasteiger partial charge in [0.25, 0.3) is 0 Å². The molecule has 1 aliphatic heterocycles. The minimum atomic E-state index is -0.211. The summed E-state index contributed by atoms with van der Waals surface area (Å²) in [4.78, 5) is 15.1. The van der Waals surface area contributed by atoms with Crippen molar-refractivity contribution in [2.45, 2.75) is 69.8 Å². The van der Waals surface area contributed by atoms with Gasteiger partial charge in [-0.1, -0.05) is 30.8 Å². The summed E-state index contributed by atoms with van der Waals surface area (Å²) < 4.78 is 1.74. The molecule has 0 aliphatic carbocycles. The highest BCUT2D eigenvalue weighted by atomic mass is 32.2. The van der Waals surface area contributed by atoms with Crippen LogP contribution in [0.15, 0.2) is 23.4 Å². The first-order valence-electron chi connectivity index (χ1n) is 9.35. The van der Waals surface area contributed by atoms with E-state index in [1.807, 2.05) is 19.1 Å². The number of aryl methyl sites for hydroxylation is 1. The van der Waals surface area contributed by atoms with Gasteiger partial charge in [0, 0.05) is 12.6 Å². The highest BCUT2D eigenvalue weighted by Gasteiger charge is 2.30. The summed E-state index contributed by atoms with van der Waals surface area (Å²) in [6, 6.07) is 6.45. The second-order valence-electron chi connectivity index (χ2n) is 6.94. The Kier molecular flexibility index (Phi) is 5.96. The maximum Gasteiger partial charge on any atom is 0.236 e. The van der Waals surface area contributed by atoms with Crippen molar-refractivity contribution in [3.05, 3.63) is 29.3 Å². The number of aromatic nitrogens is 4. The standard InChI is InChI=1S/C19H27N5OS/c1-5-16-10-6-7-12-23(16)18(25)15(4)26-19-20-21-22-24(19)17-11-8-9-13(2)14(17)3/h8-9,11,15-16H,5-7,10,12H2,1-4H3/t15-,16-/m0/s1. The van der Waals surface area contributed by atoms with E-state index in [9.17, 15) is 4.79 Å². The molecule has 0 saturated carbocycles. The summed E-state index contributed by atoms with van der Waals surface area (Å²) in [7, 11) is 0. The molecule has 3 rings (SSSR count). The lowest BCUT2D eigenvalue weighted by molar-refractivity contribution is -0.134. The number of tetrazole rings is 1. The van der Waals surface area contributed by atoms with Crippen molar-refractivity contribution in [3.63, 3.8) is 0 Å². The van der Waals surface area contributed by atoms with Crippen LogP contribution < -0.4 is 0 Å². The summed E-state index contributed by atoms with van der Waals surface area (Å²) in [5.74, 6) is 0.192. The van der Waals surface area contributed by atoms with Gasteiger partial charge in [-0.2, -0.15) is 4.68 Å². The SMILES string of the molecule is CC[C@H]1CCCCN1C(=O)[C@H](C)Sc1nnnn1-c1cccc(C)c1C. The zero-order valence-electron chi connectivity index (χ0n) is 16.0. The number of carbonyl (C=O) groups is 1. The van der Waals surface area contributed by atoms with E-state index in [-0.39, 0.29) is 11.2 Å². The van der Waals surface area contributed by atoms with Crippen LogP contribution in [0.4, 0.5) is 0 Å². The number of amides is 1. The first-order valence-corrected chi connectivity index (χ1v) is 10.2. The predicted octanol–water partition coefficient (Wildman–Crippen LogP) is 3.55. The summed E-state index contributed by atoms with van der Waals surface area (Å²) >= 11 is 1.44. The number of benzene rings is 1. The van der Waals surface area contributed by atoms with E-state index in [4.69, 9.17) is 0 Å². The topological polar surface area (TPSA) is 63.9 Å². The Hall–Kier alpha value is -1.89. The fraction of sp³-hybridized carbons (Fsp3) is 0.579. The molecule has 0 spiro atoms. The lowest BCUT2D eigenvalue weighted by atomic mass is 10.00. The van der Waals surface area contributed by atoms with Crippen molar-refractivity contribution in [3.8, 4) is 5.69 Å². The van der Waals surface area contributed by atoms with Crippen LogP contribution in [0, 0.1) is 13.8 Å². The lowest BCUT2D eigenvalue weighted by Crippen LogP contribution is -2.46. The van der Waals surface area contributed by atoms with E-state index in [0.717, 1.165) is 37.1 Å². The fourth-order valence-electron chi connectivity index (χ4n) is 3.53. The van der Waals surface area contributed by atoms with Gasteiger partial charge in [-0.15, -0.1) is 5.10 Å². The van der Waals surface area contributed by atoms with Crippen LogP contribution >= 0.6 is 11.8 Å². The first kappa shape index (κ1) is 18.9. The van der Waals surface area contributed by atoms with Gasteiger partial charge in [0.05, 0.1) is 10.9 Å². The number of rotatable bonds is 5. The minimum Gasteiger partial charge on any atom is -0.339 e. The zero-order valence-corrected chi connectivity index (χ0v) is 16.8. The molecule has 1 aromatic heterocycles. The van der Waals surface area contributed by atoms with E-state index in [2.05, 4.69) is 47.3 Å². The molecule has 0 unspecified atom stereocenters. The smallest absolute Gasteiger partial charge is 0.236 e. The molecule has 2 aromatic rings. The molecule has 1 aliphatic rings. The van der Waals surface area contributed by atoms with Crippen molar-refractivity contribution in [1.82, 2.24) is 25.1 Å². The van der Waals surface area contributed by atoms with Gasteiger partial charge in [0.15, 0.2) is 0 Å². The van der Waals surface area contributed by atoms with E-state index in [1.54, 1.807) is 4.68 Å². The molecule has 1 amide bonds. The normalized spacial score (nSPS) is 18.8. The summed E-state index contributed by atoms with van der Waals surface area (Å²) in [6.45, 7) is 9.12. The predicted molar refractivity (Wildman–Crippen MR) is 104 cm³/mol. The van der Waals surface area contributed by atoms with Gasteiger partial charge in [0.2, 0.25) is 11.1 Å². The second kappa shape index (κ2) is 8.20. The molecule has 0 radical (unpaired) electrons. The Bertz CT molecular complexity index is 775. The Morgan fingerprint density at radius 1 is 1.35 bits per heavy atom. The maximum atomic E-state index is 13.0. The van der Waals surface area contributed by atoms with Crippen LogP contribution in [0.5, 0.6) is 0 Å². The number of hydrogen-bond acceptors (Lipinski definition) is 5. The van der Waals surface area contributed by atoms with Crippen LogP contribution in [-0.4, -0.2) is 48.9 Å². The molecule has 1 fully saturated rings. The Balaban J connectivity index is 1.78. The third kappa shape index (κ3) is 3.77. The minimum absolute atomic E-state index is 0.192. The van der Waals surface area contributed by atoms with Gasteiger partial charge in [0.1, 0.15) is 0 Å². The molecule has 140 valence electrons. The third-order valence-electron chi connectivity index (χ3n) is 5.26. The summed E-state index contributed by atoms with van der Waals surface area (Å²) in [6.07, 6.45) is 4.44. The Labute approximate surface area is 159 Å². The number of thioether (sulfide) groups is 1. The largest absolute Gasteiger partial charge is 0.339 e. The second-order valence-corrected chi connectivity index (χ2v) is 8.25. The van der Waals surface area contributed by atoms with E-state index < -0.39 is 0 Å². The monoisotopic (exact) mass is 373 g/mol. The molecule has 26 heavy (non-hydrogen) atoms. The van der Waals surface area contributed by atoms with Gasteiger partial charge >= 0.3 is 0 Å². The van der Waals surface area contributed by atoms with E-state index in [1.165, 1.54) is 23.7 Å². The molecule has 7 heteroatoms. The van der Waals surface area contributed by atoms with Crippen molar-refractivity contribution < 1.29 is 4.79 Å². The molecule has 1 saturated heterocycles. The number of nitrogens with zero attached hydrogens (tertiary/aromatic N) is 5. The number of carbonyl (C=O) groups excluding carboxylic acids is 1. The average molecular weight is 374 g/mol. The first-order chi connectivity index (χ1) is 12.5. The fourth-order valence-corrected chi connectivity index (χ4v) is 4.40. The highest BCUT2D eigenvalue weighted by Crippen LogP contribution is 2.28. The van der Waals surface area contributed by atoms with Crippen LogP contribution in [0.2, 0.25) is 0 Å². The zero-order chi connectivity index (χ0) is 18.7. The number of hydrogen-bond donors (Lipinski definition) is 0. The molecular weight excluding hydrogens is 346 g/mol. The van der Waals surface area contributed by atoms with Crippen LogP contribution in [0.3, 0.4) is 0 Å². The highest BCUT2D eigenvalue weighted by molar-refractivity contribution is 8.00. The van der Waals surface area contributed by atoms with Crippen LogP contribution in [-0.2, 0) is 4.79 Å². The summed E-state index contributed by atoms with van der Waals surface area (Å²) in [5, 5.41) is 12.6. The number of likely N-dealkylation sites (tertiary alicyclic amines) is 1. The molecule has 6 nitrogen and oxygen atoms in total. The van der Waals surface area contributed by atoms with Gasteiger partial charge in [-0.05, 0) is 74.1 Å². The molecule has 0 N–H and O–H groups in total. The van der Waals surface area contributed by atoms with E-state index in [0.29, 0.717) is 11.2 Å². The summed E-state index contributed by atoms with van der Waals surface area (Å²) in [5.41, 5.74) is 3.29. The van der Waals surface area contributed by atoms with Gasteiger partial charge in [-0.3, -0.25) is 4.79 Å². The number of piperidine rings is 1.